The van der Waals surface area contributed by atoms with E-state index in [0.29, 0.717) is 22.4 Å². The first-order chi connectivity index (χ1) is 16.7. The highest BCUT2D eigenvalue weighted by molar-refractivity contribution is 6.12. The third kappa shape index (κ3) is 5.47. The van der Waals surface area contributed by atoms with Crippen LogP contribution in [0.5, 0.6) is 5.75 Å². The highest BCUT2D eigenvalue weighted by Crippen LogP contribution is 2.35. The van der Waals surface area contributed by atoms with E-state index in [-0.39, 0.29) is 30.9 Å². The summed E-state index contributed by atoms with van der Waals surface area (Å²) in [5, 5.41) is 0. The molecule has 3 rings (SSSR count). The van der Waals surface area contributed by atoms with Crippen molar-refractivity contribution in [2.45, 2.75) is 59.9 Å². The van der Waals surface area contributed by atoms with Gasteiger partial charge in [-0.1, -0.05) is 12.1 Å². The van der Waals surface area contributed by atoms with Gasteiger partial charge in [0.15, 0.2) is 5.60 Å². The second-order valence-corrected chi connectivity index (χ2v) is 9.24. The number of carbonyl (C=O) groups is 3. The molecule has 1 saturated heterocycles. The number of anilines is 1. The van der Waals surface area contributed by atoms with Crippen molar-refractivity contribution in [3.63, 3.8) is 0 Å². The van der Waals surface area contributed by atoms with Gasteiger partial charge >= 0.3 is 18.2 Å². The molecule has 2 aromatic carbocycles. The molecule has 194 valence electrons. The smallest absolute Gasteiger partial charge is 0.416 e. The second kappa shape index (κ2) is 9.83. The van der Waals surface area contributed by atoms with Gasteiger partial charge in [-0.15, -0.1) is 0 Å². The van der Waals surface area contributed by atoms with Crippen LogP contribution in [0.25, 0.3) is 0 Å². The predicted octanol–water partition coefficient (Wildman–Crippen LogP) is 5.32. The minimum atomic E-state index is -4.50. The van der Waals surface area contributed by atoms with Crippen LogP contribution < -0.4 is 9.64 Å². The summed E-state index contributed by atoms with van der Waals surface area (Å²) in [5.74, 6) is -0.464. The maximum atomic E-state index is 13.1. The summed E-state index contributed by atoms with van der Waals surface area (Å²) in [6.07, 6.45) is -4.50. The lowest BCUT2D eigenvalue weighted by atomic mass is 10.0. The summed E-state index contributed by atoms with van der Waals surface area (Å²) < 4.78 is 50.3. The fourth-order valence-corrected chi connectivity index (χ4v) is 4.11. The number of alkyl halides is 3. The molecule has 0 bridgehead atoms. The molecule has 0 atom stereocenters. The zero-order chi connectivity index (χ0) is 27.0. The number of benzene rings is 2. The second-order valence-electron chi connectivity index (χ2n) is 9.24. The first kappa shape index (κ1) is 27.0. The van der Waals surface area contributed by atoms with Crippen molar-refractivity contribution in [1.82, 2.24) is 4.90 Å². The van der Waals surface area contributed by atoms with E-state index in [1.807, 2.05) is 0 Å². The maximum absolute atomic E-state index is 13.1. The fraction of sp³-hybridized carbons (Fsp3) is 0.423. The van der Waals surface area contributed by atoms with Gasteiger partial charge in [0.25, 0.3) is 5.91 Å². The number of hydrogen-bond donors (Lipinski definition) is 0. The topological polar surface area (TPSA) is 76.2 Å². The lowest BCUT2D eigenvalue weighted by molar-refractivity contribution is -0.158. The number of carbonyl (C=O) groups excluding carboxylic acids is 3. The number of rotatable bonds is 7. The molecule has 0 aliphatic carbocycles. The quantitative estimate of drug-likeness (QED) is 0.375. The van der Waals surface area contributed by atoms with Gasteiger partial charge in [-0.25, -0.2) is 9.59 Å². The Hall–Kier alpha value is -3.56. The van der Waals surface area contributed by atoms with Gasteiger partial charge in [-0.05, 0) is 82.0 Å². The number of hydrogen-bond acceptors (Lipinski definition) is 5. The average Bonchev–Trinajstić information content (AvgIpc) is 3.04. The Morgan fingerprint density at radius 2 is 1.61 bits per heavy atom. The molecule has 1 fully saturated rings. The molecule has 0 aromatic heterocycles. The van der Waals surface area contributed by atoms with E-state index in [4.69, 9.17) is 9.47 Å². The number of amides is 3. The molecule has 0 unspecified atom stereocenters. The molecular weight excluding hydrogens is 477 g/mol. The first-order valence-corrected chi connectivity index (χ1v) is 11.4. The molecule has 36 heavy (non-hydrogen) atoms. The van der Waals surface area contributed by atoms with Crippen LogP contribution in [0.15, 0.2) is 30.3 Å². The summed E-state index contributed by atoms with van der Waals surface area (Å²) in [6.45, 7) is 9.76. The molecule has 1 aliphatic heterocycles. The van der Waals surface area contributed by atoms with Crippen LogP contribution in [0, 0.1) is 20.8 Å². The summed E-state index contributed by atoms with van der Waals surface area (Å²) in [6, 6.07) is 6.26. The lowest BCUT2D eigenvalue weighted by Gasteiger charge is -2.26. The van der Waals surface area contributed by atoms with Crippen molar-refractivity contribution < 1.29 is 37.0 Å². The Bertz CT molecular complexity index is 1180. The van der Waals surface area contributed by atoms with Crippen LogP contribution in [0.1, 0.15) is 48.6 Å². The molecule has 0 spiro atoms. The number of esters is 1. The van der Waals surface area contributed by atoms with Crippen LogP contribution in [0.3, 0.4) is 0 Å². The standard InChI is InChI=1S/C26H29F3N2O5/c1-7-35-23(33)25(5,6)36-22-16(3)10-18(11-17(22)4)13-31-21(32)14-30(24(31)34)19-8-9-20(15(2)12-19)26(27,28)29/h8-12H,7,13-14H2,1-6H3. The average molecular weight is 507 g/mol. The molecule has 1 heterocycles. The van der Waals surface area contributed by atoms with Crippen LogP contribution in [0.2, 0.25) is 0 Å². The van der Waals surface area contributed by atoms with Gasteiger partial charge in [0.1, 0.15) is 12.3 Å². The number of ether oxygens (including phenoxy) is 2. The maximum Gasteiger partial charge on any atom is 0.416 e. The van der Waals surface area contributed by atoms with Crippen molar-refractivity contribution in [3.8, 4) is 5.75 Å². The number of nitrogens with zero attached hydrogens (tertiary/aromatic N) is 2. The molecule has 0 saturated carbocycles. The zero-order valence-electron chi connectivity index (χ0n) is 21.1. The van der Waals surface area contributed by atoms with Crippen molar-refractivity contribution in [2.75, 3.05) is 18.1 Å². The van der Waals surface area contributed by atoms with Gasteiger partial charge in [0, 0.05) is 5.69 Å². The van der Waals surface area contributed by atoms with Crippen molar-refractivity contribution in [1.29, 1.82) is 0 Å². The molecule has 7 nitrogen and oxygen atoms in total. The van der Waals surface area contributed by atoms with Gasteiger partial charge in [-0.2, -0.15) is 13.2 Å². The predicted molar refractivity (Wildman–Crippen MR) is 127 cm³/mol. The van der Waals surface area contributed by atoms with Crippen molar-refractivity contribution >= 4 is 23.6 Å². The first-order valence-electron chi connectivity index (χ1n) is 11.4. The van der Waals surface area contributed by atoms with Crippen LogP contribution in [0.4, 0.5) is 23.7 Å². The fourth-order valence-electron chi connectivity index (χ4n) is 4.11. The zero-order valence-corrected chi connectivity index (χ0v) is 21.1. The molecule has 3 amide bonds. The van der Waals surface area contributed by atoms with Crippen LogP contribution in [-0.2, 0) is 27.0 Å². The minimum absolute atomic E-state index is 0.0169. The molecular formula is C26H29F3N2O5. The van der Waals surface area contributed by atoms with Gasteiger partial charge in [-0.3, -0.25) is 14.6 Å². The third-order valence-corrected chi connectivity index (χ3v) is 5.87. The third-order valence-electron chi connectivity index (χ3n) is 5.87. The Balaban J connectivity index is 1.80. The Labute approximate surface area is 207 Å². The summed E-state index contributed by atoms with van der Waals surface area (Å²) in [7, 11) is 0. The summed E-state index contributed by atoms with van der Waals surface area (Å²) in [4.78, 5) is 40.1. The van der Waals surface area contributed by atoms with Crippen molar-refractivity contribution in [3.05, 3.63) is 58.1 Å². The molecule has 1 aliphatic rings. The SMILES string of the molecule is CCOC(=O)C(C)(C)Oc1c(C)cc(CN2C(=O)CN(c3ccc(C(F)(F)F)c(C)c3)C2=O)cc1C. The summed E-state index contributed by atoms with van der Waals surface area (Å²) in [5.41, 5.74) is 0.256. The monoisotopic (exact) mass is 506 g/mol. The Kier molecular flexibility index (Phi) is 7.38. The molecule has 0 N–H and O–H groups in total. The highest BCUT2D eigenvalue weighted by atomic mass is 19.4. The van der Waals surface area contributed by atoms with E-state index in [9.17, 15) is 27.6 Å². The molecule has 2 aromatic rings. The van der Waals surface area contributed by atoms with E-state index in [1.165, 1.54) is 19.1 Å². The molecule has 10 heteroatoms. The lowest BCUT2D eigenvalue weighted by Crippen LogP contribution is -2.40. The van der Waals surface area contributed by atoms with Gasteiger partial charge < -0.3 is 9.47 Å². The minimum Gasteiger partial charge on any atom is -0.476 e. The Morgan fingerprint density at radius 1 is 1.00 bits per heavy atom. The largest absolute Gasteiger partial charge is 0.476 e. The highest BCUT2D eigenvalue weighted by Gasteiger charge is 2.38. The Morgan fingerprint density at radius 3 is 2.14 bits per heavy atom. The van der Waals surface area contributed by atoms with E-state index in [0.717, 1.165) is 15.9 Å². The van der Waals surface area contributed by atoms with Gasteiger partial charge in [0.2, 0.25) is 0 Å². The van der Waals surface area contributed by atoms with E-state index in [2.05, 4.69) is 0 Å². The van der Waals surface area contributed by atoms with Crippen LogP contribution in [-0.4, -0.2) is 41.6 Å². The summed E-state index contributed by atoms with van der Waals surface area (Å²) >= 11 is 0. The van der Waals surface area contributed by atoms with Crippen LogP contribution >= 0.6 is 0 Å². The normalized spacial score (nSPS) is 14.5. The van der Waals surface area contributed by atoms with E-state index < -0.39 is 35.2 Å². The van der Waals surface area contributed by atoms with Gasteiger partial charge in [0.05, 0.1) is 18.7 Å². The van der Waals surface area contributed by atoms with Crippen molar-refractivity contribution in [2.24, 2.45) is 0 Å². The number of imide groups is 1. The number of urea groups is 1. The van der Waals surface area contributed by atoms with E-state index in [1.54, 1.807) is 46.8 Å². The molecule has 0 radical (unpaired) electrons. The number of aryl methyl sites for hydroxylation is 3. The number of halogens is 3. The van der Waals surface area contributed by atoms with E-state index >= 15 is 0 Å².